The van der Waals surface area contributed by atoms with Crippen molar-refractivity contribution in [3.05, 3.63) is 22.4 Å². The number of thiophene rings is 1. The van der Waals surface area contributed by atoms with Crippen molar-refractivity contribution >= 4 is 11.3 Å². The molecule has 13 heavy (non-hydrogen) atoms. The molecule has 1 aromatic rings. The molecule has 0 aliphatic carbocycles. The average molecular weight is 199 g/mol. The van der Waals surface area contributed by atoms with E-state index < -0.39 is 0 Å². The Bertz CT molecular complexity index is 211. The lowest BCUT2D eigenvalue weighted by Crippen LogP contribution is -2.31. The second-order valence-corrected chi connectivity index (χ2v) is 3.97. The van der Waals surface area contributed by atoms with E-state index in [0.717, 1.165) is 19.6 Å². The first-order valence-corrected chi connectivity index (χ1v) is 5.50. The predicted octanol–water partition coefficient (Wildman–Crippen LogP) is 1.92. The molecule has 1 aromatic heterocycles. The molecular formula is C10H17NOS. The molecule has 1 N–H and O–H groups in total. The zero-order valence-electron chi connectivity index (χ0n) is 8.25. The summed E-state index contributed by atoms with van der Waals surface area (Å²) >= 11 is 1.76. The fourth-order valence-electron chi connectivity index (χ4n) is 1.21. The quantitative estimate of drug-likeness (QED) is 0.755. The lowest BCUT2D eigenvalue weighted by atomic mass is 10.2. The van der Waals surface area contributed by atoms with Gasteiger partial charge in [0.05, 0.1) is 6.61 Å². The number of methoxy groups -OCH3 is 1. The van der Waals surface area contributed by atoms with Crippen LogP contribution in [0.25, 0.3) is 0 Å². The molecule has 1 atom stereocenters. The molecule has 2 nitrogen and oxygen atoms in total. The summed E-state index contributed by atoms with van der Waals surface area (Å²) in [5.41, 5.74) is 1.42. The predicted molar refractivity (Wildman–Crippen MR) is 57.4 cm³/mol. The third kappa shape index (κ3) is 4.41. The van der Waals surface area contributed by atoms with Crippen LogP contribution in [0.1, 0.15) is 12.5 Å². The van der Waals surface area contributed by atoms with Crippen molar-refractivity contribution in [3.8, 4) is 0 Å². The Morgan fingerprint density at radius 3 is 3.08 bits per heavy atom. The van der Waals surface area contributed by atoms with Gasteiger partial charge in [0.15, 0.2) is 0 Å². The van der Waals surface area contributed by atoms with Crippen molar-refractivity contribution in [3.63, 3.8) is 0 Å². The van der Waals surface area contributed by atoms with Crippen molar-refractivity contribution in [1.29, 1.82) is 0 Å². The zero-order valence-corrected chi connectivity index (χ0v) is 9.06. The van der Waals surface area contributed by atoms with Crippen molar-refractivity contribution in [2.45, 2.75) is 19.4 Å². The fraction of sp³-hybridized carbons (Fsp3) is 0.600. The van der Waals surface area contributed by atoms with E-state index in [1.54, 1.807) is 18.4 Å². The Balaban J connectivity index is 2.07. The van der Waals surface area contributed by atoms with Crippen LogP contribution in [-0.2, 0) is 11.2 Å². The summed E-state index contributed by atoms with van der Waals surface area (Å²) in [6, 6.07) is 2.62. The second kappa shape index (κ2) is 6.13. The van der Waals surface area contributed by atoms with Gasteiger partial charge in [-0.25, -0.2) is 0 Å². The third-order valence-corrected chi connectivity index (χ3v) is 2.64. The van der Waals surface area contributed by atoms with Gasteiger partial charge in [-0.1, -0.05) is 0 Å². The molecule has 0 amide bonds. The van der Waals surface area contributed by atoms with Gasteiger partial charge in [-0.15, -0.1) is 0 Å². The average Bonchev–Trinajstić information content (AvgIpc) is 2.57. The van der Waals surface area contributed by atoms with E-state index in [0.29, 0.717) is 6.04 Å². The third-order valence-electron chi connectivity index (χ3n) is 1.90. The van der Waals surface area contributed by atoms with E-state index >= 15 is 0 Å². The minimum Gasteiger partial charge on any atom is -0.383 e. The second-order valence-electron chi connectivity index (χ2n) is 3.19. The molecule has 0 fully saturated rings. The maximum atomic E-state index is 5.03. The summed E-state index contributed by atoms with van der Waals surface area (Å²) in [7, 11) is 1.73. The SMILES string of the molecule is COCC(C)NCCc1ccsc1. The highest BCUT2D eigenvalue weighted by Crippen LogP contribution is 2.05. The van der Waals surface area contributed by atoms with Crippen molar-refractivity contribution in [2.24, 2.45) is 0 Å². The van der Waals surface area contributed by atoms with E-state index in [4.69, 9.17) is 4.74 Å². The molecule has 3 heteroatoms. The Morgan fingerprint density at radius 2 is 2.46 bits per heavy atom. The molecule has 1 heterocycles. The molecule has 0 saturated heterocycles. The Kier molecular flexibility index (Phi) is 5.05. The standard InChI is InChI=1S/C10H17NOS/c1-9(7-12-2)11-5-3-10-4-6-13-8-10/h4,6,8-9,11H,3,5,7H2,1-2H3. The summed E-state index contributed by atoms with van der Waals surface area (Å²) in [6.07, 6.45) is 1.11. The number of nitrogens with one attached hydrogen (secondary N) is 1. The van der Waals surface area contributed by atoms with E-state index in [2.05, 4.69) is 29.1 Å². The number of rotatable bonds is 6. The molecule has 0 spiro atoms. The molecule has 0 aliphatic heterocycles. The highest BCUT2D eigenvalue weighted by molar-refractivity contribution is 7.07. The van der Waals surface area contributed by atoms with E-state index in [9.17, 15) is 0 Å². The molecule has 0 saturated carbocycles. The Hall–Kier alpha value is -0.380. The zero-order chi connectivity index (χ0) is 9.52. The van der Waals surface area contributed by atoms with E-state index in [1.807, 2.05) is 0 Å². The summed E-state index contributed by atoms with van der Waals surface area (Å²) in [5.74, 6) is 0. The summed E-state index contributed by atoms with van der Waals surface area (Å²) in [4.78, 5) is 0. The Morgan fingerprint density at radius 1 is 1.62 bits per heavy atom. The van der Waals surface area contributed by atoms with Crippen LogP contribution < -0.4 is 5.32 Å². The molecule has 0 bridgehead atoms. The normalized spacial score (nSPS) is 13.1. The minimum absolute atomic E-state index is 0.448. The van der Waals surface area contributed by atoms with Gasteiger partial charge in [-0.2, -0.15) is 11.3 Å². The van der Waals surface area contributed by atoms with Gasteiger partial charge >= 0.3 is 0 Å². The fourth-order valence-corrected chi connectivity index (χ4v) is 1.91. The first kappa shape index (κ1) is 10.7. The first-order valence-electron chi connectivity index (χ1n) is 4.56. The van der Waals surface area contributed by atoms with Crippen LogP contribution in [0.15, 0.2) is 16.8 Å². The lowest BCUT2D eigenvalue weighted by molar-refractivity contribution is 0.172. The maximum Gasteiger partial charge on any atom is 0.0613 e. The smallest absolute Gasteiger partial charge is 0.0613 e. The van der Waals surface area contributed by atoms with Gasteiger partial charge in [0.25, 0.3) is 0 Å². The van der Waals surface area contributed by atoms with E-state index in [1.165, 1.54) is 5.56 Å². The van der Waals surface area contributed by atoms with Gasteiger partial charge in [-0.3, -0.25) is 0 Å². The van der Waals surface area contributed by atoms with E-state index in [-0.39, 0.29) is 0 Å². The molecule has 0 aromatic carbocycles. The largest absolute Gasteiger partial charge is 0.383 e. The minimum atomic E-state index is 0.448. The number of hydrogen-bond donors (Lipinski definition) is 1. The van der Waals surface area contributed by atoms with Crippen LogP contribution in [0.5, 0.6) is 0 Å². The van der Waals surface area contributed by atoms with Gasteiger partial charge in [-0.05, 0) is 42.3 Å². The molecule has 0 aliphatic rings. The number of ether oxygens (including phenoxy) is 1. The van der Waals surface area contributed by atoms with Crippen LogP contribution in [-0.4, -0.2) is 26.3 Å². The lowest BCUT2D eigenvalue weighted by Gasteiger charge is -2.11. The first-order chi connectivity index (χ1) is 6.33. The maximum absolute atomic E-state index is 5.03. The number of hydrogen-bond acceptors (Lipinski definition) is 3. The van der Waals surface area contributed by atoms with Crippen LogP contribution in [0, 0.1) is 0 Å². The molecular weight excluding hydrogens is 182 g/mol. The van der Waals surface area contributed by atoms with Gasteiger partial charge in [0.2, 0.25) is 0 Å². The monoisotopic (exact) mass is 199 g/mol. The van der Waals surface area contributed by atoms with Crippen LogP contribution in [0.3, 0.4) is 0 Å². The highest BCUT2D eigenvalue weighted by atomic mass is 32.1. The van der Waals surface area contributed by atoms with Gasteiger partial charge in [0.1, 0.15) is 0 Å². The van der Waals surface area contributed by atoms with Crippen molar-refractivity contribution in [2.75, 3.05) is 20.3 Å². The summed E-state index contributed by atoms with van der Waals surface area (Å²) in [5, 5.41) is 7.72. The molecule has 1 unspecified atom stereocenters. The molecule has 1 rings (SSSR count). The van der Waals surface area contributed by atoms with Crippen molar-refractivity contribution in [1.82, 2.24) is 5.32 Å². The summed E-state index contributed by atoms with van der Waals surface area (Å²) < 4.78 is 5.03. The van der Waals surface area contributed by atoms with Crippen LogP contribution in [0.4, 0.5) is 0 Å². The molecule has 0 radical (unpaired) electrons. The van der Waals surface area contributed by atoms with Crippen LogP contribution in [0.2, 0.25) is 0 Å². The summed E-state index contributed by atoms with van der Waals surface area (Å²) in [6.45, 7) is 3.95. The van der Waals surface area contributed by atoms with Gasteiger partial charge in [0, 0.05) is 13.2 Å². The Labute approximate surface area is 83.9 Å². The van der Waals surface area contributed by atoms with Crippen molar-refractivity contribution < 1.29 is 4.74 Å². The topological polar surface area (TPSA) is 21.3 Å². The van der Waals surface area contributed by atoms with Crippen LogP contribution >= 0.6 is 11.3 Å². The highest BCUT2D eigenvalue weighted by Gasteiger charge is 1.99. The van der Waals surface area contributed by atoms with Gasteiger partial charge < -0.3 is 10.1 Å². The molecule has 74 valence electrons.